The summed E-state index contributed by atoms with van der Waals surface area (Å²) in [7, 11) is 0. The first-order valence-corrected chi connectivity index (χ1v) is 13.8. The molecule has 202 valence electrons. The molecule has 3 saturated heterocycles. The van der Waals surface area contributed by atoms with E-state index in [9.17, 15) is 24.0 Å². The fourth-order valence-electron chi connectivity index (χ4n) is 5.67. The Morgan fingerprint density at radius 1 is 1.13 bits per heavy atom. The Balaban J connectivity index is 1.21. The largest absolute Gasteiger partial charge is 0.442 e. The van der Waals surface area contributed by atoms with E-state index >= 15 is 0 Å². The smallest absolute Gasteiger partial charge is 0.332 e. The van der Waals surface area contributed by atoms with Gasteiger partial charge in [0.25, 0.3) is 5.91 Å². The van der Waals surface area contributed by atoms with Crippen molar-refractivity contribution in [3.63, 3.8) is 0 Å². The highest BCUT2D eigenvalue weighted by Crippen LogP contribution is 2.51. The van der Waals surface area contributed by atoms with Crippen molar-refractivity contribution >= 4 is 41.4 Å². The van der Waals surface area contributed by atoms with Gasteiger partial charge in [0.05, 0.1) is 6.42 Å². The van der Waals surface area contributed by atoms with Crippen LogP contribution in [-0.4, -0.2) is 68.3 Å². The number of hydrogen-bond acceptors (Lipinski definition) is 8. The maximum atomic E-state index is 13.2. The third-order valence-corrected chi connectivity index (χ3v) is 9.33. The molecule has 4 atom stereocenters. The molecule has 0 spiro atoms. The number of carbonyl (C=O) groups is 5. The zero-order valence-electron chi connectivity index (χ0n) is 21.5. The van der Waals surface area contributed by atoms with Gasteiger partial charge in [0, 0.05) is 10.3 Å². The highest BCUT2D eigenvalue weighted by atomic mass is 32.2. The van der Waals surface area contributed by atoms with E-state index in [-0.39, 0.29) is 12.3 Å². The summed E-state index contributed by atoms with van der Waals surface area (Å²) in [6.07, 6.45) is 4.82. The highest BCUT2D eigenvalue weighted by Gasteiger charge is 2.64. The molecular formula is C27H32N4O6S. The number of likely N-dealkylation sites (tertiary alicyclic amines) is 1. The minimum absolute atomic E-state index is 0.0374. The molecule has 11 heteroatoms. The van der Waals surface area contributed by atoms with Crippen molar-refractivity contribution in [1.29, 1.82) is 0 Å². The quantitative estimate of drug-likeness (QED) is 0.241. The van der Waals surface area contributed by atoms with Crippen LogP contribution in [0.2, 0.25) is 0 Å². The number of benzene rings is 1. The average molecular weight is 541 g/mol. The lowest BCUT2D eigenvalue weighted by Gasteiger charge is -2.44. The van der Waals surface area contributed by atoms with Crippen LogP contribution >= 0.6 is 11.8 Å². The van der Waals surface area contributed by atoms with Gasteiger partial charge in [0.15, 0.2) is 6.73 Å². The minimum Gasteiger partial charge on any atom is -0.442 e. The van der Waals surface area contributed by atoms with Crippen molar-refractivity contribution in [2.24, 2.45) is 5.73 Å². The van der Waals surface area contributed by atoms with Crippen LogP contribution in [-0.2, 0) is 28.7 Å². The third kappa shape index (κ3) is 4.62. The number of fused-ring (bicyclic) bond motifs is 1. The second-order valence-electron chi connectivity index (χ2n) is 10.7. The first-order chi connectivity index (χ1) is 18.1. The lowest BCUT2D eigenvalue weighted by molar-refractivity contribution is -0.169. The van der Waals surface area contributed by atoms with Crippen molar-refractivity contribution in [1.82, 2.24) is 15.1 Å². The Hall–Kier alpha value is -3.18. The summed E-state index contributed by atoms with van der Waals surface area (Å²) in [6, 6.07) is 6.19. The van der Waals surface area contributed by atoms with Gasteiger partial charge in [-0.2, -0.15) is 0 Å². The van der Waals surface area contributed by atoms with Crippen LogP contribution in [0.1, 0.15) is 64.0 Å². The number of allylic oxidation sites excluding steroid dienone is 1. The maximum absolute atomic E-state index is 13.2. The van der Waals surface area contributed by atoms with Crippen LogP contribution in [0.3, 0.4) is 0 Å². The summed E-state index contributed by atoms with van der Waals surface area (Å²) in [6.45, 7) is 3.16. The second-order valence-corrected chi connectivity index (χ2v) is 12.4. The molecule has 38 heavy (non-hydrogen) atoms. The standard InChI is InChI=1S/C27H32N4O6S/c1-27(2)21(26(36)37-14-30-18(32)13-17(23(30)34)15-9-5-3-6-10-15)31-24(35)20(25(31)38-27)29-22(33)19(28)16-11-7-4-8-12-16/h4,7-8,11-12,19-21,25H,3,5-6,9-10,13-14,28H2,1-2H3,(H,29,33)/t19-,20-,21+,25-/m1/s1. The van der Waals surface area contributed by atoms with Gasteiger partial charge in [0.1, 0.15) is 23.5 Å². The van der Waals surface area contributed by atoms with Crippen LogP contribution < -0.4 is 11.1 Å². The van der Waals surface area contributed by atoms with Gasteiger partial charge in [-0.15, -0.1) is 11.8 Å². The van der Waals surface area contributed by atoms with Gasteiger partial charge in [-0.1, -0.05) is 42.3 Å². The Kier molecular flexibility index (Phi) is 7.08. The van der Waals surface area contributed by atoms with Gasteiger partial charge in [0.2, 0.25) is 17.7 Å². The number of esters is 1. The molecule has 5 rings (SSSR count). The molecule has 0 unspecified atom stereocenters. The maximum Gasteiger partial charge on any atom is 0.332 e. The Morgan fingerprint density at radius 2 is 1.82 bits per heavy atom. The summed E-state index contributed by atoms with van der Waals surface area (Å²) < 4.78 is 4.73. The SMILES string of the molecule is CC1(C)S[C@@H]2[C@H](NC(=O)[C@H](N)c3ccccc3)C(=O)N2[C@H]1C(=O)OCN1C(=O)CC(=C2CCCCC2)C1=O. The van der Waals surface area contributed by atoms with Crippen LogP contribution in [0, 0.1) is 0 Å². The van der Waals surface area contributed by atoms with E-state index in [0.717, 1.165) is 42.6 Å². The molecular weight excluding hydrogens is 508 g/mol. The van der Waals surface area contributed by atoms with Crippen LogP contribution in [0.25, 0.3) is 0 Å². The molecule has 1 aromatic rings. The number of imide groups is 1. The number of nitrogens with zero attached hydrogens (tertiary/aromatic N) is 2. The number of nitrogens with two attached hydrogens (primary N) is 1. The number of nitrogens with one attached hydrogen (secondary N) is 1. The Labute approximate surface area is 225 Å². The summed E-state index contributed by atoms with van der Waals surface area (Å²) in [5, 5.41) is 2.27. The number of hydrogen-bond donors (Lipinski definition) is 2. The first-order valence-electron chi connectivity index (χ1n) is 12.9. The topological polar surface area (TPSA) is 139 Å². The molecule has 4 aliphatic rings. The van der Waals surface area contributed by atoms with Crippen molar-refractivity contribution < 1.29 is 28.7 Å². The number of carbonyl (C=O) groups excluding carboxylic acids is 5. The van der Waals surface area contributed by atoms with Crippen LogP contribution in [0.5, 0.6) is 0 Å². The van der Waals surface area contributed by atoms with Crippen molar-refractivity contribution in [3.8, 4) is 0 Å². The normalized spacial score (nSPS) is 27.2. The van der Waals surface area contributed by atoms with E-state index in [4.69, 9.17) is 10.5 Å². The predicted octanol–water partition coefficient (Wildman–Crippen LogP) is 1.75. The Morgan fingerprint density at radius 3 is 2.50 bits per heavy atom. The molecule has 0 bridgehead atoms. The van der Waals surface area contributed by atoms with E-state index in [1.807, 2.05) is 19.9 Å². The van der Waals surface area contributed by atoms with E-state index in [2.05, 4.69) is 5.32 Å². The second kappa shape index (κ2) is 10.2. The molecule has 1 saturated carbocycles. The minimum atomic E-state index is -0.928. The molecule has 10 nitrogen and oxygen atoms in total. The van der Waals surface area contributed by atoms with E-state index in [1.165, 1.54) is 16.7 Å². The molecule has 3 heterocycles. The number of amides is 4. The van der Waals surface area contributed by atoms with Crippen molar-refractivity contribution in [3.05, 3.63) is 47.0 Å². The molecule has 1 aliphatic carbocycles. The summed E-state index contributed by atoms with van der Waals surface area (Å²) in [5.74, 6) is -2.35. The molecule has 1 aromatic carbocycles. The third-order valence-electron chi connectivity index (χ3n) is 7.76. The molecule has 3 aliphatic heterocycles. The van der Waals surface area contributed by atoms with Crippen molar-refractivity contribution in [2.75, 3.05) is 6.73 Å². The van der Waals surface area contributed by atoms with Gasteiger partial charge >= 0.3 is 5.97 Å². The monoisotopic (exact) mass is 540 g/mol. The molecule has 4 fully saturated rings. The van der Waals surface area contributed by atoms with Gasteiger partial charge in [-0.25, -0.2) is 9.69 Å². The highest BCUT2D eigenvalue weighted by molar-refractivity contribution is 8.01. The Bertz CT molecular complexity index is 1210. The molecule has 4 amide bonds. The fraction of sp³-hybridized carbons (Fsp3) is 0.519. The fourth-order valence-corrected chi connectivity index (χ4v) is 7.29. The molecule has 0 aromatic heterocycles. The van der Waals surface area contributed by atoms with E-state index in [1.54, 1.807) is 24.3 Å². The summed E-state index contributed by atoms with van der Waals surface area (Å²) >= 11 is 1.39. The van der Waals surface area contributed by atoms with E-state index in [0.29, 0.717) is 11.1 Å². The van der Waals surface area contributed by atoms with Gasteiger partial charge < -0.3 is 20.7 Å². The summed E-state index contributed by atoms with van der Waals surface area (Å²) in [5.41, 5.74) is 8.27. The molecule has 3 N–H and O–H groups in total. The van der Waals surface area contributed by atoms with Crippen molar-refractivity contribution in [2.45, 2.75) is 80.6 Å². The average Bonchev–Trinajstić information content (AvgIpc) is 3.35. The molecule has 0 radical (unpaired) electrons. The zero-order chi connectivity index (χ0) is 27.2. The first kappa shape index (κ1) is 26.4. The van der Waals surface area contributed by atoms with Gasteiger partial charge in [-0.05, 0) is 45.1 Å². The van der Waals surface area contributed by atoms with E-state index < -0.39 is 58.7 Å². The lowest BCUT2D eigenvalue weighted by Crippen LogP contribution is -2.71. The van der Waals surface area contributed by atoms with Crippen LogP contribution in [0.15, 0.2) is 41.5 Å². The number of rotatable bonds is 6. The number of ether oxygens (including phenoxy) is 1. The number of thioether (sulfide) groups is 1. The zero-order valence-corrected chi connectivity index (χ0v) is 22.3. The van der Waals surface area contributed by atoms with Crippen LogP contribution in [0.4, 0.5) is 0 Å². The van der Waals surface area contributed by atoms with Gasteiger partial charge in [-0.3, -0.25) is 19.2 Å². The summed E-state index contributed by atoms with van der Waals surface area (Å²) in [4.78, 5) is 66.8. The lowest BCUT2D eigenvalue weighted by atomic mass is 9.90. The number of β-lactam (4-membered cyclic amide) rings is 1. The predicted molar refractivity (Wildman–Crippen MR) is 139 cm³/mol.